The van der Waals surface area contributed by atoms with E-state index in [1.165, 1.54) is 10.6 Å². The Morgan fingerprint density at radius 3 is 2.72 bits per heavy atom. The summed E-state index contributed by atoms with van der Waals surface area (Å²) in [6.45, 7) is 0.686. The molecule has 1 heterocycles. The van der Waals surface area contributed by atoms with Crippen LogP contribution in [0.15, 0.2) is 46.3 Å². The van der Waals surface area contributed by atoms with Gasteiger partial charge in [-0.25, -0.2) is 22.4 Å². The summed E-state index contributed by atoms with van der Waals surface area (Å²) in [5, 5.41) is 0. The smallest absolute Gasteiger partial charge is 0.350 e. The Labute approximate surface area is 185 Å². The van der Waals surface area contributed by atoms with Crippen LogP contribution in [0.5, 0.6) is 5.75 Å². The van der Waals surface area contributed by atoms with Crippen molar-refractivity contribution in [1.82, 2.24) is 14.5 Å². The van der Waals surface area contributed by atoms with Gasteiger partial charge in [0.1, 0.15) is 6.33 Å². The van der Waals surface area contributed by atoms with Crippen molar-refractivity contribution in [2.45, 2.75) is 44.1 Å². The summed E-state index contributed by atoms with van der Waals surface area (Å²) in [4.78, 5) is 28.1. The van der Waals surface area contributed by atoms with Crippen LogP contribution in [0.1, 0.15) is 37.7 Å². The van der Waals surface area contributed by atoms with Crippen LogP contribution >= 0.6 is 0 Å². The second-order valence-corrected chi connectivity index (χ2v) is 10.8. The van der Waals surface area contributed by atoms with Gasteiger partial charge < -0.3 is 4.74 Å². The van der Waals surface area contributed by atoms with E-state index in [9.17, 15) is 22.4 Å². The molecule has 10 heteroatoms. The molecule has 4 rings (SSSR count). The molecule has 1 aromatic carbocycles. The lowest BCUT2D eigenvalue weighted by Gasteiger charge is -2.17. The van der Waals surface area contributed by atoms with Gasteiger partial charge >= 0.3 is 11.4 Å². The molecule has 8 nitrogen and oxygen atoms in total. The van der Waals surface area contributed by atoms with Crippen LogP contribution in [0.25, 0.3) is 0 Å². The number of rotatable bonds is 11. The number of H-pyrrole nitrogens is 1. The van der Waals surface area contributed by atoms with Crippen molar-refractivity contribution in [2.24, 2.45) is 5.92 Å². The van der Waals surface area contributed by atoms with Gasteiger partial charge in [-0.05, 0) is 55.7 Å². The molecule has 2 aromatic rings. The number of aromatic amines is 1. The van der Waals surface area contributed by atoms with Crippen LogP contribution in [0.2, 0.25) is 0 Å². The SMILES string of the molecule is O=c1ncn(C/C=C/CCS(=O)(=O)CC2(c3ccc(F)c(OCC4CC4)c3)CC2)c(=O)[nH]1. The third kappa shape index (κ3) is 5.73. The zero-order chi connectivity index (χ0) is 22.8. The molecular formula is C22H26FN3O5S. The Kier molecular flexibility index (Phi) is 6.32. The molecule has 0 atom stereocenters. The Bertz CT molecular complexity index is 1230. The van der Waals surface area contributed by atoms with Gasteiger partial charge in [0.15, 0.2) is 21.4 Å². The second kappa shape index (κ2) is 9.01. The first-order chi connectivity index (χ1) is 15.3. The van der Waals surface area contributed by atoms with Gasteiger partial charge in [0.25, 0.3) is 0 Å². The first kappa shape index (κ1) is 22.4. The number of aromatic nitrogens is 3. The molecule has 0 saturated heterocycles. The van der Waals surface area contributed by atoms with Gasteiger partial charge in [-0.1, -0.05) is 18.2 Å². The molecule has 32 heavy (non-hydrogen) atoms. The fourth-order valence-electron chi connectivity index (χ4n) is 3.65. The van der Waals surface area contributed by atoms with Crippen LogP contribution in [0.3, 0.4) is 0 Å². The minimum atomic E-state index is -3.34. The number of nitrogens with one attached hydrogen (secondary N) is 1. The topological polar surface area (TPSA) is 111 Å². The van der Waals surface area contributed by atoms with E-state index < -0.39 is 32.4 Å². The van der Waals surface area contributed by atoms with Crippen LogP contribution in [0.4, 0.5) is 4.39 Å². The van der Waals surface area contributed by atoms with Crippen molar-refractivity contribution in [3.8, 4) is 5.75 Å². The van der Waals surface area contributed by atoms with Crippen LogP contribution < -0.4 is 16.1 Å². The van der Waals surface area contributed by atoms with Crippen LogP contribution in [-0.4, -0.2) is 41.1 Å². The first-order valence-electron chi connectivity index (χ1n) is 10.7. The van der Waals surface area contributed by atoms with Gasteiger partial charge in [0.05, 0.1) is 18.1 Å². The third-order valence-electron chi connectivity index (χ3n) is 5.92. The molecule has 1 aromatic heterocycles. The summed E-state index contributed by atoms with van der Waals surface area (Å²) in [7, 11) is -3.34. The van der Waals surface area contributed by atoms with Crippen molar-refractivity contribution < 1.29 is 17.5 Å². The van der Waals surface area contributed by atoms with Crippen molar-refractivity contribution in [3.05, 3.63) is 69.0 Å². The predicted octanol–water partition coefficient (Wildman–Crippen LogP) is 1.95. The average Bonchev–Trinajstić information content (AvgIpc) is 3.65. The lowest BCUT2D eigenvalue weighted by Crippen LogP contribution is -2.30. The van der Waals surface area contributed by atoms with E-state index in [2.05, 4.69) is 9.97 Å². The monoisotopic (exact) mass is 463 g/mol. The molecule has 2 fully saturated rings. The molecule has 0 aliphatic heterocycles. The van der Waals surface area contributed by atoms with E-state index in [-0.39, 0.29) is 23.8 Å². The van der Waals surface area contributed by atoms with E-state index in [4.69, 9.17) is 4.74 Å². The fourth-order valence-corrected chi connectivity index (χ4v) is 5.59. The van der Waals surface area contributed by atoms with Crippen LogP contribution in [0, 0.1) is 11.7 Å². The quantitative estimate of drug-likeness (QED) is 0.510. The summed E-state index contributed by atoms with van der Waals surface area (Å²) in [6, 6.07) is 4.69. The molecule has 172 valence electrons. The van der Waals surface area contributed by atoms with Crippen molar-refractivity contribution >= 4 is 9.84 Å². The highest BCUT2D eigenvalue weighted by Gasteiger charge is 2.47. The maximum Gasteiger partial charge on any atom is 0.350 e. The molecule has 0 spiro atoms. The van der Waals surface area contributed by atoms with Crippen molar-refractivity contribution in [1.29, 1.82) is 0 Å². The van der Waals surface area contributed by atoms with E-state index in [1.54, 1.807) is 24.3 Å². The first-order valence-corrected chi connectivity index (χ1v) is 12.5. The van der Waals surface area contributed by atoms with Gasteiger partial charge in [0.2, 0.25) is 0 Å². The number of benzene rings is 1. The van der Waals surface area contributed by atoms with Crippen molar-refractivity contribution in [2.75, 3.05) is 18.1 Å². The summed E-state index contributed by atoms with van der Waals surface area (Å²) >= 11 is 0. The summed E-state index contributed by atoms with van der Waals surface area (Å²) in [5.74, 6) is 0.282. The number of hydrogen-bond acceptors (Lipinski definition) is 6. The maximum atomic E-state index is 14.1. The molecule has 0 unspecified atom stereocenters. The van der Waals surface area contributed by atoms with E-state index in [0.717, 1.165) is 37.6 Å². The Balaban J connectivity index is 1.33. The van der Waals surface area contributed by atoms with Gasteiger partial charge in [-0.15, -0.1) is 0 Å². The molecule has 2 aliphatic carbocycles. The normalized spacial score (nSPS) is 17.5. The fraction of sp³-hybridized carbons (Fsp3) is 0.500. The third-order valence-corrected chi connectivity index (χ3v) is 7.77. The summed E-state index contributed by atoms with van der Waals surface area (Å²) in [6.07, 6.45) is 8.51. The Hall–Kier alpha value is -2.75. The van der Waals surface area contributed by atoms with Gasteiger partial charge in [0, 0.05) is 12.0 Å². The second-order valence-electron chi connectivity index (χ2n) is 8.66. The Morgan fingerprint density at radius 1 is 1.25 bits per heavy atom. The number of allylic oxidation sites excluding steroid dienone is 2. The lowest BCUT2D eigenvalue weighted by atomic mass is 9.98. The predicted molar refractivity (Wildman–Crippen MR) is 117 cm³/mol. The zero-order valence-electron chi connectivity index (χ0n) is 17.6. The molecular weight excluding hydrogens is 437 g/mol. The Morgan fingerprint density at radius 2 is 2.03 bits per heavy atom. The molecule has 0 radical (unpaired) electrons. The maximum absolute atomic E-state index is 14.1. The van der Waals surface area contributed by atoms with E-state index in [0.29, 0.717) is 18.9 Å². The largest absolute Gasteiger partial charge is 0.490 e. The number of sulfone groups is 1. The van der Waals surface area contributed by atoms with Crippen LogP contribution in [-0.2, 0) is 21.8 Å². The lowest BCUT2D eigenvalue weighted by molar-refractivity contribution is 0.285. The number of ether oxygens (including phenoxy) is 1. The highest BCUT2D eigenvalue weighted by molar-refractivity contribution is 7.91. The minimum Gasteiger partial charge on any atom is -0.490 e. The van der Waals surface area contributed by atoms with E-state index in [1.807, 2.05) is 0 Å². The molecule has 2 saturated carbocycles. The van der Waals surface area contributed by atoms with Crippen molar-refractivity contribution in [3.63, 3.8) is 0 Å². The zero-order valence-corrected chi connectivity index (χ0v) is 18.4. The molecule has 1 N–H and O–H groups in total. The number of halogens is 1. The number of hydrogen-bond donors (Lipinski definition) is 1. The summed E-state index contributed by atoms with van der Waals surface area (Å²) < 4.78 is 46.4. The van der Waals surface area contributed by atoms with Gasteiger partial charge in [-0.2, -0.15) is 4.98 Å². The minimum absolute atomic E-state index is 0.0176. The molecule has 2 aliphatic rings. The molecule has 0 bridgehead atoms. The molecule has 0 amide bonds. The highest BCUT2D eigenvalue weighted by Crippen LogP contribution is 2.50. The average molecular weight is 464 g/mol. The number of nitrogens with zero attached hydrogens (tertiary/aromatic N) is 2. The van der Waals surface area contributed by atoms with E-state index >= 15 is 0 Å². The standard InChI is InChI=1S/C22H26FN3O5S/c23-18-7-6-17(12-19(18)31-13-16-4-5-16)22(8-9-22)14-32(29,30)11-3-1-2-10-26-15-24-20(27)25-21(26)28/h1-2,6-7,12,15-16H,3-5,8-11,13-14H2,(H,25,27,28)/b2-1+. The highest BCUT2D eigenvalue weighted by atomic mass is 32.2. The van der Waals surface area contributed by atoms with Gasteiger partial charge in [-0.3, -0.25) is 9.55 Å². The summed E-state index contributed by atoms with van der Waals surface area (Å²) in [5.41, 5.74) is -0.937.